The maximum absolute atomic E-state index is 12.3. The minimum absolute atomic E-state index is 0.0195. The smallest absolute Gasteiger partial charge is 0.305 e. The third-order valence-corrected chi connectivity index (χ3v) is 3.38. The van der Waals surface area contributed by atoms with Crippen LogP contribution >= 0.6 is 0 Å². The van der Waals surface area contributed by atoms with Crippen LogP contribution in [0.5, 0.6) is 0 Å². The van der Waals surface area contributed by atoms with Gasteiger partial charge in [0.05, 0.1) is 6.42 Å². The molecule has 18 heavy (non-hydrogen) atoms. The van der Waals surface area contributed by atoms with Gasteiger partial charge in [-0.25, -0.2) is 0 Å². The molecule has 0 aromatic rings. The molecule has 0 saturated carbocycles. The van der Waals surface area contributed by atoms with E-state index in [1.165, 1.54) is 0 Å². The van der Waals surface area contributed by atoms with Crippen LogP contribution in [-0.2, 0) is 9.59 Å². The topological polar surface area (TPSA) is 57.6 Å². The van der Waals surface area contributed by atoms with Gasteiger partial charge in [-0.3, -0.25) is 9.59 Å². The molecular formula is C14H27NO3. The predicted molar refractivity (Wildman–Crippen MR) is 72.3 cm³/mol. The number of hydrogen-bond donors (Lipinski definition) is 1. The van der Waals surface area contributed by atoms with Gasteiger partial charge in [0.2, 0.25) is 5.91 Å². The molecule has 0 saturated heterocycles. The minimum atomic E-state index is -0.854. The van der Waals surface area contributed by atoms with Crippen molar-refractivity contribution in [1.82, 2.24) is 4.90 Å². The maximum atomic E-state index is 12.3. The van der Waals surface area contributed by atoms with Crippen molar-refractivity contribution in [3.8, 4) is 0 Å². The summed E-state index contributed by atoms with van der Waals surface area (Å²) in [5.74, 6) is -0.126. The molecule has 2 atom stereocenters. The van der Waals surface area contributed by atoms with Gasteiger partial charge < -0.3 is 10.0 Å². The Kier molecular flexibility index (Phi) is 7.64. The molecule has 1 amide bonds. The molecular weight excluding hydrogens is 230 g/mol. The summed E-state index contributed by atoms with van der Waals surface area (Å²) in [6.07, 6.45) is 0.979. The lowest BCUT2D eigenvalue weighted by Gasteiger charge is -2.29. The number of carboxylic acid groups (broad SMARTS) is 1. The molecule has 4 heteroatoms. The predicted octanol–water partition coefficient (Wildman–Crippen LogP) is 2.63. The molecule has 1 N–H and O–H groups in total. The molecule has 2 unspecified atom stereocenters. The Morgan fingerprint density at radius 1 is 1.17 bits per heavy atom. The van der Waals surface area contributed by atoms with Gasteiger partial charge in [0.15, 0.2) is 0 Å². The third-order valence-electron chi connectivity index (χ3n) is 3.38. The molecule has 0 aliphatic carbocycles. The summed E-state index contributed by atoms with van der Waals surface area (Å²) in [6.45, 7) is 11.1. The van der Waals surface area contributed by atoms with Crippen LogP contribution in [0.2, 0.25) is 0 Å². The molecule has 0 aromatic heterocycles. The average Bonchev–Trinajstić information content (AvgIpc) is 2.30. The van der Waals surface area contributed by atoms with E-state index in [1.807, 2.05) is 20.8 Å². The molecule has 106 valence electrons. The van der Waals surface area contributed by atoms with Crippen LogP contribution in [0, 0.1) is 17.8 Å². The molecule has 0 fully saturated rings. The van der Waals surface area contributed by atoms with Crippen LogP contribution in [0.4, 0.5) is 0 Å². The van der Waals surface area contributed by atoms with Crippen molar-refractivity contribution in [3.05, 3.63) is 0 Å². The summed E-state index contributed by atoms with van der Waals surface area (Å²) in [4.78, 5) is 24.7. The first-order chi connectivity index (χ1) is 8.29. The fraction of sp³-hybridized carbons (Fsp3) is 0.857. The van der Waals surface area contributed by atoms with Gasteiger partial charge in [0, 0.05) is 19.0 Å². The Morgan fingerprint density at radius 2 is 1.72 bits per heavy atom. The van der Waals surface area contributed by atoms with E-state index in [4.69, 9.17) is 5.11 Å². The van der Waals surface area contributed by atoms with Crippen molar-refractivity contribution in [2.75, 3.05) is 13.1 Å². The summed E-state index contributed by atoms with van der Waals surface area (Å²) < 4.78 is 0. The van der Waals surface area contributed by atoms with Gasteiger partial charge in [-0.15, -0.1) is 0 Å². The van der Waals surface area contributed by atoms with E-state index in [9.17, 15) is 9.59 Å². The van der Waals surface area contributed by atoms with E-state index < -0.39 is 5.97 Å². The van der Waals surface area contributed by atoms with Crippen LogP contribution in [0.25, 0.3) is 0 Å². The number of amides is 1. The van der Waals surface area contributed by atoms with E-state index in [-0.39, 0.29) is 18.2 Å². The SMILES string of the molecule is CCC(C)C(C)C(=O)N(CCC(=O)O)CC(C)C. The Bertz CT molecular complexity index is 276. The number of carbonyl (C=O) groups is 2. The van der Waals surface area contributed by atoms with E-state index in [2.05, 4.69) is 13.8 Å². The Labute approximate surface area is 110 Å². The largest absolute Gasteiger partial charge is 0.481 e. The molecule has 0 aliphatic rings. The molecule has 0 heterocycles. The third kappa shape index (κ3) is 6.03. The molecule has 4 nitrogen and oxygen atoms in total. The van der Waals surface area contributed by atoms with Crippen molar-refractivity contribution >= 4 is 11.9 Å². The number of carboxylic acids is 1. The van der Waals surface area contributed by atoms with Gasteiger partial charge in [-0.05, 0) is 11.8 Å². The monoisotopic (exact) mass is 257 g/mol. The van der Waals surface area contributed by atoms with E-state index >= 15 is 0 Å². The quantitative estimate of drug-likeness (QED) is 0.727. The lowest BCUT2D eigenvalue weighted by Crippen LogP contribution is -2.40. The number of aliphatic carboxylic acids is 1. The lowest BCUT2D eigenvalue weighted by atomic mass is 9.92. The highest BCUT2D eigenvalue weighted by Crippen LogP contribution is 2.18. The molecule has 0 spiro atoms. The molecule has 0 aliphatic heterocycles. The molecule has 0 aromatic carbocycles. The summed E-state index contributed by atoms with van der Waals surface area (Å²) in [7, 11) is 0. The summed E-state index contributed by atoms with van der Waals surface area (Å²) in [6, 6.07) is 0. The van der Waals surface area contributed by atoms with E-state index in [1.54, 1.807) is 4.90 Å². The normalized spacial score (nSPS) is 14.3. The average molecular weight is 257 g/mol. The molecule has 0 rings (SSSR count). The van der Waals surface area contributed by atoms with Crippen molar-refractivity contribution in [2.45, 2.75) is 47.5 Å². The number of nitrogens with zero attached hydrogens (tertiary/aromatic N) is 1. The van der Waals surface area contributed by atoms with Gasteiger partial charge in [-0.2, -0.15) is 0 Å². The van der Waals surface area contributed by atoms with Crippen LogP contribution in [0.1, 0.15) is 47.5 Å². The van der Waals surface area contributed by atoms with Gasteiger partial charge in [0.1, 0.15) is 0 Å². The highest BCUT2D eigenvalue weighted by molar-refractivity contribution is 5.79. The van der Waals surface area contributed by atoms with Crippen molar-refractivity contribution in [3.63, 3.8) is 0 Å². The second kappa shape index (κ2) is 8.11. The first kappa shape index (κ1) is 16.9. The number of carbonyl (C=O) groups excluding carboxylic acids is 1. The van der Waals surface area contributed by atoms with Crippen molar-refractivity contribution in [2.24, 2.45) is 17.8 Å². The van der Waals surface area contributed by atoms with E-state index in [0.717, 1.165) is 6.42 Å². The highest BCUT2D eigenvalue weighted by atomic mass is 16.4. The van der Waals surface area contributed by atoms with Crippen LogP contribution in [0.15, 0.2) is 0 Å². The Hall–Kier alpha value is -1.06. The Morgan fingerprint density at radius 3 is 2.11 bits per heavy atom. The minimum Gasteiger partial charge on any atom is -0.481 e. The fourth-order valence-electron chi connectivity index (χ4n) is 1.85. The summed E-state index contributed by atoms with van der Waals surface area (Å²) >= 11 is 0. The van der Waals surface area contributed by atoms with Gasteiger partial charge in [-0.1, -0.05) is 41.0 Å². The van der Waals surface area contributed by atoms with E-state index in [0.29, 0.717) is 24.9 Å². The fourth-order valence-corrected chi connectivity index (χ4v) is 1.85. The van der Waals surface area contributed by atoms with Gasteiger partial charge in [0.25, 0.3) is 0 Å². The molecule has 0 bridgehead atoms. The standard InChI is InChI=1S/C14H27NO3/c1-6-11(4)12(5)14(18)15(9-10(2)3)8-7-13(16)17/h10-12H,6-9H2,1-5H3,(H,16,17). The van der Waals surface area contributed by atoms with Gasteiger partial charge >= 0.3 is 5.97 Å². The first-order valence-electron chi connectivity index (χ1n) is 6.80. The zero-order valence-electron chi connectivity index (χ0n) is 12.3. The Balaban J connectivity index is 4.62. The summed E-state index contributed by atoms with van der Waals surface area (Å²) in [5, 5.41) is 8.73. The van der Waals surface area contributed by atoms with Crippen molar-refractivity contribution in [1.29, 1.82) is 0 Å². The number of hydrogen-bond acceptors (Lipinski definition) is 2. The van der Waals surface area contributed by atoms with Crippen LogP contribution < -0.4 is 0 Å². The highest BCUT2D eigenvalue weighted by Gasteiger charge is 2.25. The zero-order valence-corrected chi connectivity index (χ0v) is 12.3. The number of rotatable bonds is 8. The van der Waals surface area contributed by atoms with Crippen molar-refractivity contribution < 1.29 is 14.7 Å². The maximum Gasteiger partial charge on any atom is 0.305 e. The lowest BCUT2D eigenvalue weighted by molar-refractivity contribution is -0.140. The second-order valence-electron chi connectivity index (χ2n) is 5.50. The van der Waals surface area contributed by atoms with Crippen LogP contribution in [0.3, 0.4) is 0 Å². The second-order valence-corrected chi connectivity index (χ2v) is 5.50. The molecule has 0 radical (unpaired) electrons. The zero-order chi connectivity index (χ0) is 14.3. The van der Waals surface area contributed by atoms with Crippen LogP contribution in [-0.4, -0.2) is 35.0 Å². The first-order valence-corrected chi connectivity index (χ1v) is 6.80. The summed E-state index contributed by atoms with van der Waals surface area (Å²) in [5.41, 5.74) is 0.